The summed E-state index contributed by atoms with van der Waals surface area (Å²) in [5.41, 5.74) is 8.14. The zero-order valence-corrected chi connectivity index (χ0v) is 25.2. The smallest absolute Gasteiger partial charge is 0.358 e. The summed E-state index contributed by atoms with van der Waals surface area (Å²) in [6, 6.07) is 25.9. The molecule has 4 radical (unpaired) electrons. The molecule has 0 atom stereocenters. The van der Waals surface area contributed by atoms with E-state index in [-0.39, 0.29) is 76.8 Å². The minimum absolute atomic E-state index is 0. The van der Waals surface area contributed by atoms with E-state index in [4.69, 9.17) is 0 Å². The van der Waals surface area contributed by atoms with Crippen LogP contribution in [0.25, 0.3) is 21.5 Å². The van der Waals surface area contributed by atoms with Gasteiger partial charge in [-0.1, -0.05) is 86.0 Å². The summed E-state index contributed by atoms with van der Waals surface area (Å²) < 4.78 is 0. The molecule has 0 bridgehead atoms. The largest absolute Gasteiger partial charge is 4.00 e. The van der Waals surface area contributed by atoms with Crippen molar-refractivity contribution in [3.63, 3.8) is 0 Å². The Morgan fingerprint density at radius 3 is 1.29 bits per heavy atom. The van der Waals surface area contributed by atoms with Crippen LogP contribution in [0.1, 0.15) is 36.1 Å². The summed E-state index contributed by atoms with van der Waals surface area (Å²) in [5.74, 6) is 0. The molecule has 0 unspecified atom stereocenters. The first-order chi connectivity index (χ1) is 13.7. The van der Waals surface area contributed by atoms with Gasteiger partial charge in [-0.05, 0) is 0 Å². The van der Waals surface area contributed by atoms with Crippen molar-refractivity contribution >= 4 is 57.3 Å². The third-order valence-electron chi connectivity index (χ3n) is 5.62. The van der Waals surface area contributed by atoms with E-state index in [1.807, 2.05) is 0 Å². The second-order valence-corrected chi connectivity index (χ2v) is 7.81. The molecule has 0 spiro atoms. The molecule has 0 nitrogen and oxygen atoms in total. The molecule has 0 N–H and O–H groups in total. The fraction of sp³-hybridized carbons (Fsp3) is 0.133. The Morgan fingerprint density at radius 2 is 0.912 bits per heavy atom. The third kappa shape index (κ3) is 6.82. The van der Waals surface area contributed by atoms with Crippen LogP contribution in [0.4, 0.5) is 0 Å². The zero-order chi connectivity index (χ0) is 19.1. The maximum absolute atomic E-state index is 3.46. The van der Waals surface area contributed by atoms with Gasteiger partial charge in [-0.15, -0.1) is 82.1 Å². The molecule has 2 aliphatic rings. The molecule has 0 aromatic heterocycles. The Labute approximate surface area is 241 Å². The summed E-state index contributed by atoms with van der Waals surface area (Å²) in [6.07, 6.45) is 9.05. The Morgan fingerprint density at radius 1 is 0.559 bits per heavy atom. The van der Waals surface area contributed by atoms with Crippen molar-refractivity contribution < 1.29 is 26.2 Å². The first-order valence-electron chi connectivity index (χ1n) is 9.89. The predicted octanol–water partition coefficient (Wildman–Crippen LogP) is 8.35. The fourth-order valence-corrected chi connectivity index (χ4v) is 4.31. The Kier molecular flexibility index (Phi) is 15.2. The fourth-order valence-electron chi connectivity index (χ4n) is 4.31. The summed E-state index contributed by atoms with van der Waals surface area (Å²) >= 11 is 0. The molecule has 172 valence electrons. The summed E-state index contributed by atoms with van der Waals surface area (Å²) in [6.45, 7) is 4.30. The van der Waals surface area contributed by atoms with E-state index in [1.165, 1.54) is 54.9 Å². The monoisotopic (exact) mass is 578 g/mol. The minimum Gasteiger partial charge on any atom is -0.358 e. The van der Waals surface area contributed by atoms with Gasteiger partial charge in [-0.3, -0.25) is 0 Å². The SMILES string of the molecule is CC1=[C-]c2c(ccc3ccccc23)C1.CC1=[C-]c2c(ccc3ccccc23)C1.Cl.Cl.[CH3-].[CH3-].[Si].[Zr+4]. The van der Waals surface area contributed by atoms with Crippen molar-refractivity contribution in [1.29, 1.82) is 0 Å². The van der Waals surface area contributed by atoms with Crippen molar-refractivity contribution in [2.24, 2.45) is 0 Å². The quantitative estimate of drug-likeness (QED) is 0.145. The van der Waals surface area contributed by atoms with Gasteiger partial charge in [-0.2, -0.15) is 23.3 Å². The van der Waals surface area contributed by atoms with Crippen LogP contribution >= 0.6 is 24.8 Å². The molecular weight excluding hydrogens is 551 g/mol. The maximum Gasteiger partial charge on any atom is 4.00 e. The van der Waals surface area contributed by atoms with E-state index >= 15 is 0 Å². The van der Waals surface area contributed by atoms with Gasteiger partial charge >= 0.3 is 26.2 Å². The summed E-state index contributed by atoms with van der Waals surface area (Å²) in [5, 5.41) is 5.30. The van der Waals surface area contributed by atoms with E-state index in [2.05, 4.69) is 98.8 Å². The van der Waals surface area contributed by atoms with Crippen LogP contribution in [-0.4, -0.2) is 11.0 Å². The number of halogens is 2. The molecule has 4 aromatic rings. The number of hydrogen-bond donors (Lipinski definition) is 0. The van der Waals surface area contributed by atoms with Gasteiger partial charge in [0.05, 0.1) is 0 Å². The normalized spacial score (nSPS) is 11.7. The number of allylic oxidation sites excluding steroid dienone is 2. The Hall–Kier alpha value is -1.44. The molecule has 0 saturated heterocycles. The Balaban J connectivity index is 0. The molecule has 4 heteroatoms. The number of fused-ring (bicyclic) bond motifs is 6. The van der Waals surface area contributed by atoms with Crippen molar-refractivity contribution in [1.82, 2.24) is 0 Å². The zero-order valence-electron chi connectivity index (χ0n) is 20.2. The Bertz CT molecular complexity index is 1190. The summed E-state index contributed by atoms with van der Waals surface area (Å²) in [4.78, 5) is 0. The van der Waals surface area contributed by atoms with Crippen LogP contribution in [0.2, 0.25) is 0 Å². The van der Waals surface area contributed by atoms with Crippen LogP contribution in [0.5, 0.6) is 0 Å². The van der Waals surface area contributed by atoms with Gasteiger partial charge in [0, 0.05) is 11.0 Å². The van der Waals surface area contributed by atoms with E-state index < -0.39 is 0 Å². The van der Waals surface area contributed by atoms with E-state index in [1.54, 1.807) is 0 Å². The molecule has 0 saturated carbocycles. The van der Waals surface area contributed by atoms with Crippen molar-refractivity contribution in [2.45, 2.75) is 26.7 Å². The molecule has 0 heterocycles. The van der Waals surface area contributed by atoms with Crippen LogP contribution < -0.4 is 0 Å². The predicted molar refractivity (Wildman–Crippen MR) is 151 cm³/mol. The molecule has 0 aliphatic heterocycles. The number of hydrogen-bond acceptors (Lipinski definition) is 0. The minimum atomic E-state index is 0. The van der Waals surface area contributed by atoms with Gasteiger partial charge in [0.1, 0.15) is 0 Å². The van der Waals surface area contributed by atoms with Crippen molar-refractivity contribution in [3.05, 3.63) is 133 Å². The second-order valence-electron chi connectivity index (χ2n) is 7.81. The van der Waals surface area contributed by atoms with E-state index in [0.717, 1.165) is 12.8 Å². The summed E-state index contributed by atoms with van der Waals surface area (Å²) in [7, 11) is 0. The maximum atomic E-state index is 3.46. The molecular formula is C30H30Cl2SiZr. The van der Waals surface area contributed by atoms with Gasteiger partial charge in [0.25, 0.3) is 0 Å². The van der Waals surface area contributed by atoms with Crippen LogP contribution in [0.15, 0.2) is 83.9 Å². The van der Waals surface area contributed by atoms with Gasteiger partial charge in [0.15, 0.2) is 0 Å². The molecule has 4 aromatic carbocycles. The van der Waals surface area contributed by atoms with Gasteiger partial charge in [-0.25, -0.2) is 0 Å². The first kappa shape index (κ1) is 34.7. The topological polar surface area (TPSA) is 0 Å². The molecule has 34 heavy (non-hydrogen) atoms. The van der Waals surface area contributed by atoms with Crippen molar-refractivity contribution in [3.8, 4) is 0 Å². The van der Waals surface area contributed by atoms with Crippen molar-refractivity contribution in [2.75, 3.05) is 0 Å². The first-order valence-corrected chi connectivity index (χ1v) is 9.89. The molecule has 2 aliphatic carbocycles. The molecule has 6 rings (SSSR count). The number of benzene rings is 4. The average Bonchev–Trinajstić information content (AvgIpc) is 3.30. The second kappa shape index (κ2) is 14.8. The average molecular weight is 581 g/mol. The van der Waals surface area contributed by atoms with Crippen LogP contribution in [0.3, 0.4) is 0 Å². The van der Waals surface area contributed by atoms with E-state index in [9.17, 15) is 0 Å². The third-order valence-corrected chi connectivity index (χ3v) is 5.62. The van der Waals surface area contributed by atoms with E-state index in [0.29, 0.717) is 0 Å². The standard InChI is InChI=1S/2C14H11.2CH3.2ClH.Si.Zr/c2*1-10-8-12-7-6-11-4-2-3-5-13(11)14(12)9-10;;;;;;/h2*2-7H,8H2,1H3;2*1H3;2*1H;;/q4*-1;;;;+4. The molecule has 0 amide bonds. The van der Waals surface area contributed by atoms with Crippen LogP contribution in [-0.2, 0) is 39.0 Å². The van der Waals surface area contributed by atoms with Crippen LogP contribution in [0, 0.1) is 27.0 Å². The van der Waals surface area contributed by atoms with Gasteiger partial charge < -0.3 is 14.9 Å². The van der Waals surface area contributed by atoms with Gasteiger partial charge in [0.2, 0.25) is 0 Å². The number of rotatable bonds is 0. The molecule has 0 fully saturated rings.